The maximum absolute atomic E-state index is 5.21. The van der Waals surface area contributed by atoms with Gasteiger partial charge in [0.15, 0.2) is 11.6 Å². The zero-order chi connectivity index (χ0) is 79.4. The number of benzene rings is 13. The van der Waals surface area contributed by atoms with Crippen LogP contribution in [-0.2, 0) is 0 Å². The van der Waals surface area contributed by atoms with Crippen LogP contribution in [0.4, 0.5) is 0 Å². The molecule has 13 aromatic carbocycles. The Morgan fingerprint density at radius 2 is 0.500 bits per heavy atom. The van der Waals surface area contributed by atoms with Crippen LogP contribution in [0.2, 0.25) is 0 Å². The summed E-state index contributed by atoms with van der Waals surface area (Å²) in [5.41, 5.74) is 28.8. The first kappa shape index (κ1) is 70.2. The van der Waals surface area contributed by atoms with Crippen molar-refractivity contribution in [1.82, 2.24) is 59.8 Å². The van der Waals surface area contributed by atoms with Crippen LogP contribution in [0.5, 0.6) is 0 Å². The molecule has 0 amide bonds. The number of rotatable bonds is 12. The van der Waals surface area contributed by atoms with Gasteiger partial charge in [0.2, 0.25) is 0 Å². The van der Waals surface area contributed by atoms with E-state index >= 15 is 0 Å². The lowest BCUT2D eigenvalue weighted by Gasteiger charge is -2.13. The van der Waals surface area contributed by atoms with Crippen molar-refractivity contribution in [2.24, 2.45) is 0 Å². The van der Waals surface area contributed by atoms with E-state index in [9.17, 15) is 0 Å². The van der Waals surface area contributed by atoms with Crippen molar-refractivity contribution in [2.75, 3.05) is 0 Å². The third-order valence-electron chi connectivity index (χ3n) is 22.5. The van der Waals surface area contributed by atoms with E-state index in [1.807, 2.05) is 158 Å². The van der Waals surface area contributed by atoms with Crippen molar-refractivity contribution in [2.45, 2.75) is 0 Å². The van der Waals surface area contributed by atoms with Gasteiger partial charge in [-0.3, -0.25) is 15.0 Å². The highest BCUT2D eigenvalue weighted by atomic mass is 14.9. The minimum Gasteiger partial charge on any atom is -0.254 e. The average Bonchev–Trinajstić information content (AvgIpc) is 0.773. The Morgan fingerprint density at radius 1 is 0.142 bits per heavy atom. The number of fused-ring (bicyclic) bond motifs is 11. The van der Waals surface area contributed by atoms with Gasteiger partial charge in [-0.1, -0.05) is 279 Å². The first-order valence-corrected chi connectivity index (χ1v) is 39.9. The maximum Gasteiger partial charge on any atom is 0.160 e. The Kier molecular flexibility index (Phi) is 17.6. The molecule has 0 aliphatic heterocycles. The zero-order valence-electron chi connectivity index (χ0n) is 64.5. The molecule has 0 unspecified atom stereocenters. The lowest BCUT2D eigenvalue weighted by Crippen LogP contribution is -1.97. The predicted molar refractivity (Wildman–Crippen MR) is 489 cm³/mol. The van der Waals surface area contributed by atoms with Crippen LogP contribution in [0.25, 0.3) is 233 Å². The summed E-state index contributed by atoms with van der Waals surface area (Å²) in [5, 5.41) is 10.8. The standard InChI is InChI=1S/C56H34N6.C52H32N6/c1-3-10-35(11-4-1)52-34-53(62-56(61-52)39-12-5-2-6-13-39)50-30-21-36-17-20-41(33-51(36)59-50)40-23-27-47-42(32-40)24-29-48(58-47)45-25-26-46(44-16-8-7-15-43(44)45)49-28-22-38-19-18-37-14-9-31-57-54(37)55(38)60-49;1-3-9-34(10-4-1)48-32-49(58-52(57-48)37-11-5-2-6-12-37)46-26-21-36-19-20-39(31-47(36)56-46)38-22-24-45-40(29-38)23-25-44(55-45)35-17-15-33(16-18-35)43-30-41-13-7-27-53-50(41)51-42(43)14-8-28-54-51/h1-34H;1-32H. The number of hydrogen-bond donors (Lipinski definition) is 0. The summed E-state index contributed by atoms with van der Waals surface area (Å²) < 4.78 is 0. The number of aromatic nitrogens is 12. The molecule has 0 radical (unpaired) electrons. The average molecular weight is 1530 g/mol. The zero-order valence-corrected chi connectivity index (χ0v) is 64.5. The summed E-state index contributed by atoms with van der Waals surface area (Å²) in [6.45, 7) is 0. The van der Waals surface area contributed by atoms with Crippen molar-refractivity contribution >= 4 is 98.0 Å². The summed E-state index contributed by atoms with van der Waals surface area (Å²) in [7, 11) is 0. The number of nitrogens with zero attached hydrogens (tertiary/aromatic N) is 12. The van der Waals surface area contributed by atoms with E-state index in [-0.39, 0.29) is 0 Å². The van der Waals surface area contributed by atoms with E-state index in [0.717, 1.165) is 222 Å². The van der Waals surface area contributed by atoms with Crippen LogP contribution < -0.4 is 0 Å². The molecule has 0 saturated carbocycles. The summed E-state index contributed by atoms with van der Waals surface area (Å²) in [6, 6.07) is 132. The predicted octanol–water partition coefficient (Wildman–Crippen LogP) is 26.5. The highest BCUT2D eigenvalue weighted by Crippen LogP contribution is 2.41. The third-order valence-corrected chi connectivity index (χ3v) is 22.5. The Hall–Kier alpha value is -16.4. The highest BCUT2D eigenvalue weighted by Gasteiger charge is 2.20. The second kappa shape index (κ2) is 30.1. The largest absolute Gasteiger partial charge is 0.254 e. The summed E-state index contributed by atoms with van der Waals surface area (Å²) in [4.78, 5) is 59.7. The Labute approximate surface area is 689 Å². The summed E-state index contributed by atoms with van der Waals surface area (Å²) in [5.74, 6) is 1.34. The third kappa shape index (κ3) is 13.4. The van der Waals surface area contributed by atoms with Gasteiger partial charge in [0.25, 0.3) is 0 Å². The van der Waals surface area contributed by atoms with Crippen LogP contribution in [-0.4, -0.2) is 59.8 Å². The van der Waals surface area contributed by atoms with Crippen molar-refractivity contribution in [3.8, 4) is 135 Å². The molecule has 0 aliphatic carbocycles. The second-order valence-electron chi connectivity index (χ2n) is 29.9. The van der Waals surface area contributed by atoms with Crippen molar-refractivity contribution in [3.63, 3.8) is 0 Å². The van der Waals surface area contributed by atoms with Crippen LogP contribution in [0.15, 0.2) is 401 Å². The van der Waals surface area contributed by atoms with Crippen molar-refractivity contribution in [3.05, 3.63) is 401 Å². The van der Waals surface area contributed by atoms with E-state index in [4.69, 9.17) is 44.9 Å². The first-order valence-electron chi connectivity index (χ1n) is 39.9. The molecule has 0 aliphatic rings. The molecule has 12 nitrogen and oxygen atoms in total. The van der Waals surface area contributed by atoms with E-state index in [1.165, 1.54) is 0 Å². The molecule has 0 N–H and O–H groups in total. The summed E-state index contributed by atoms with van der Waals surface area (Å²) >= 11 is 0. The Balaban J connectivity index is 0.000000144. The van der Waals surface area contributed by atoms with Gasteiger partial charge in [0.05, 0.1) is 95.4 Å². The molecule has 10 heterocycles. The molecular formula is C108H66N12. The van der Waals surface area contributed by atoms with Gasteiger partial charge in [-0.15, -0.1) is 0 Å². The van der Waals surface area contributed by atoms with Gasteiger partial charge < -0.3 is 0 Å². The second-order valence-corrected chi connectivity index (χ2v) is 29.9. The van der Waals surface area contributed by atoms with Gasteiger partial charge >= 0.3 is 0 Å². The minimum absolute atomic E-state index is 0.668. The minimum atomic E-state index is 0.668. The molecule has 120 heavy (non-hydrogen) atoms. The van der Waals surface area contributed by atoms with Crippen molar-refractivity contribution < 1.29 is 0 Å². The molecular weight excluding hydrogens is 1470 g/mol. The molecule has 0 atom stereocenters. The Morgan fingerprint density at radius 3 is 1.05 bits per heavy atom. The van der Waals surface area contributed by atoms with E-state index in [2.05, 4.69) is 258 Å². The fourth-order valence-corrected chi connectivity index (χ4v) is 16.4. The fourth-order valence-electron chi connectivity index (χ4n) is 16.4. The van der Waals surface area contributed by atoms with Crippen LogP contribution in [0, 0.1) is 0 Å². The van der Waals surface area contributed by atoms with Gasteiger partial charge in [-0.2, -0.15) is 0 Å². The fraction of sp³-hybridized carbons (Fsp3) is 0. The monoisotopic (exact) mass is 1530 g/mol. The van der Waals surface area contributed by atoms with Gasteiger partial charge in [0.1, 0.15) is 0 Å². The lowest BCUT2D eigenvalue weighted by molar-refractivity contribution is 1.17. The first-order chi connectivity index (χ1) is 59.4. The molecule has 23 aromatic rings. The van der Waals surface area contributed by atoms with E-state index in [1.54, 1.807) is 0 Å². The van der Waals surface area contributed by atoms with Gasteiger partial charge in [0, 0.05) is 101 Å². The molecule has 10 aromatic heterocycles. The van der Waals surface area contributed by atoms with E-state index in [0.29, 0.717) is 11.6 Å². The van der Waals surface area contributed by atoms with Gasteiger partial charge in [-0.25, -0.2) is 44.9 Å². The summed E-state index contributed by atoms with van der Waals surface area (Å²) in [6.07, 6.45) is 5.49. The van der Waals surface area contributed by atoms with E-state index < -0.39 is 0 Å². The van der Waals surface area contributed by atoms with Crippen LogP contribution in [0.1, 0.15) is 0 Å². The number of pyridine rings is 8. The molecule has 0 bridgehead atoms. The quantitative estimate of drug-likeness (QED) is 0.107. The molecule has 12 heteroatoms. The highest BCUT2D eigenvalue weighted by molar-refractivity contribution is 6.11. The maximum atomic E-state index is 5.21. The SMILES string of the molecule is c1ccc(-c2cc(-c3ccc4ccc(-c5ccc6nc(-c7ccc(-c8cc9cccnc9c9ncccc89)cc7)ccc6c5)cc4n3)nc(-c3ccccc3)n2)cc1.c1ccc(-c2cc(-c3ccc4ccc(-c5ccc6nc(-c7ccc(-c8ccc9ccc%10cccnc%10c9n8)c8ccccc78)ccc6c5)cc4n3)nc(-c3ccccc3)n2)cc1. The van der Waals surface area contributed by atoms with Crippen LogP contribution >= 0.6 is 0 Å². The topological polar surface area (TPSA) is 155 Å². The molecule has 0 saturated heterocycles. The normalized spacial score (nSPS) is 11.5. The number of hydrogen-bond acceptors (Lipinski definition) is 12. The smallest absolute Gasteiger partial charge is 0.160 e. The Bertz CT molecular complexity index is 7850. The van der Waals surface area contributed by atoms with Crippen molar-refractivity contribution in [1.29, 1.82) is 0 Å². The lowest BCUT2D eigenvalue weighted by atomic mass is 9.95. The molecule has 0 spiro atoms. The molecule has 0 fully saturated rings. The van der Waals surface area contributed by atoms with Crippen LogP contribution in [0.3, 0.4) is 0 Å². The molecule has 23 rings (SSSR count). The molecule has 558 valence electrons. The van der Waals surface area contributed by atoms with Gasteiger partial charge in [-0.05, 0) is 147 Å².